The van der Waals surface area contributed by atoms with Crippen LogP contribution < -0.4 is 19.5 Å². The molecule has 0 saturated carbocycles. The quantitative estimate of drug-likeness (QED) is 0.297. The first-order valence-electron chi connectivity index (χ1n) is 9.64. The van der Waals surface area contributed by atoms with E-state index in [9.17, 15) is 4.79 Å². The number of methoxy groups -OCH3 is 3. The molecule has 1 amide bonds. The van der Waals surface area contributed by atoms with E-state index >= 15 is 0 Å². The summed E-state index contributed by atoms with van der Waals surface area (Å²) in [6, 6.07) is 8.47. The van der Waals surface area contributed by atoms with Crippen LogP contribution >= 0.6 is 35.0 Å². The topological polar surface area (TPSA) is 87.5 Å². The highest BCUT2D eigenvalue weighted by Crippen LogP contribution is 2.41. The van der Waals surface area contributed by atoms with Crippen LogP contribution in [-0.4, -0.2) is 47.8 Å². The Morgan fingerprint density at radius 3 is 2.36 bits per heavy atom. The van der Waals surface area contributed by atoms with E-state index < -0.39 is 0 Å². The highest BCUT2D eigenvalue weighted by Gasteiger charge is 2.20. The predicted molar refractivity (Wildman–Crippen MR) is 131 cm³/mol. The monoisotopic (exact) mass is 508 g/mol. The number of hydrogen-bond acceptors (Lipinski definition) is 7. The van der Waals surface area contributed by atoms with Crippen molar-refractivity contribution in [1.29, 1.82) is 0 Å². The third-order valence-corrected chi connectivity index (χ3v) is 6.19. The molecule has 0 saturated heterocycles. The lowest BCUT2D eigenvalue weighted by molar-refractivity contribution is -0.113. The fraction of sp³-hybridized carbons (Fsp3) is 0.227. The zero-order chi connectivity index (χ0) is 24.0. The van der Waals surface area contributed by atoms with Gasteiger partial charge in [0, 0.05) is 17.8 Å². The summed E-state index contributed by atoms with van der Waals surface area (Å²) in [5.74, 6) is 1.94. The third-order valence-electron chi connectivity index (χ3n) is 4.49. The Bertz CT molecular complexity index is 1140. The molecule has 174 valence electrons. The maximum atomic E-state index is 12.4. The van der Waals surface area contributed by atoms with Crippen molar-refractivity contribution in [3.8, 4) is 28.6 Å². The van der Waals surface area contributed by atoms with Crippen LogP contribution in [-0.2, 0) is 11.3 Å². The highest BCUT2D eigenvalue weighted by atomic mass is 35.5. The van der Waals surface area contributed by atoms with Crippen LogP contribution in [0.25, 0.3) is 11.4 Å². The number of nitrogens with zero attached hydrogens (tertiary/aromatic N) is 3. The van der Waals surface area contributed by atoms with Crippen LogP contribution in [0.4, 0.5) is 5.69 Å². The largest absolute Gasteiger partial charge is 0.493 e. The Hall–Kier alpha value is -2.88. The van der Waals surface area contributed by atoms with Gasteiger partial charge < -0.3 is 19.5 Å². The molecule has 8 nitrogen and oxygen atoms in total. The molecule has 3 aromatic rings. The molecule has 11 heteroatoms. The molecule has 1 aromatic heterocycles. The molecule has 0 aliphatic rings. The second kappa shape index (κ2) is 11.3. The number of aromatic nitrogens is 3. The second-order valence-corrected chi connectivity index (χ2v) is 8.34. The number of rotatable bonds is 10. The van der Waals surface area contributed by atoms with Gasteiger partial charge in [0.2, 0.25) is 11.7 Å². The fourth-order valence-corrected chi connectivity index (χ4v) is 4.06. The Morgan fingerprint density at radius 2 is 1.79 bits per heavy atom. The van der Waals surface area contributed by atoms with Crippen LogP contribution in [0.15, 0.2) is 48.1 Å². The van der Waals surface area contributed by atoms with Crippen LogP contribution in [0.1, 0.15) is 0 Å². The van der Waals surface area contributed by atoms with Gasteiger partial charge in [-0.15, -0.1) is 16.8 Å². The van der Waals surface area contributed by atoms with Crippen molar-refractivity contribution in [2.24, 2.45) is 0 Å². The van der Waals surface area contributed by atoms with Crippen molar-refractivity contribution in [2.75, 3.05) is 32.4 Å². The molecule has 0 bridgehead atoms. The van der Waals surface area contributed by atoms with E-state index in [2.05, 4.69) is 22.1 Å². The average Bonchev–Trinajstić information content (AvgIpc) is 3.21. The fourth-order valence-electron chi connectivity index (χ4n) is 3.01. The van der Waals surface area contributed by atoms with Crippen LogP contribution in [0.5, 0.6) is 17.2 Å². The maximum Gasteiger partial charge on any atom is 0.234 e. The summed E-state index contributed by atoms with van der Waals surface area (Å²) >= 11 is 13.2. The van der Waals surface area contributed by atoms with E-state index in [-0.39, 0.29) is 11.7 Å². The summed E-state index contributed by atoms with van der Waals surface area (Å²) in [7, 11) is 4.63. The molecule has 33 heavy (non-hydrogen) atoms. The lowest BCUT2D eigenvalue weighted by atomic mass is 10.1. The number of ether oxygens (including phenoxy) is 3. The number of carbonyl (C=O) groups excluding carboxylic acids is 1. The normalized spacial score (nSPS) is 10.6. The van der Waals surface area contributed by atoms with Gasteiger partial charge in [-0.05, 0) is 30.3 Å². The van der Waals surface area contributed by atoms with Gasteiger partial charge in [0.15, 0.2) is 22.5 Å². The molecule has 3 rings (SSSR count). The number of carbonyl (C=O) groups is 1. The van der Waals surface area contributed by atoms with E-state index in [1.165, 1.54) is 18.9 Å². The number of nitrogens with one attached hydrogen (secondary N) is 1. The Morgan fingerprint density at radius 1 is 1.09 bits per heavy atom. The summed E-state index contributed by atoms with van der Waals surface area (Å²) in [5, 5.41) is 12.7. The van der Waals surface area contributed by atoms with Crippen LogP contribution in [0, 0.1) is 0 Å². The van der Waals surface area contributed by atoms with Gasteiger partial charge in [0.05, 0.1) is 37.1 Å². The number of halogens is 2. The second-order valence-electron chi connectivity index (χ2n) is 6.59. The average molecular weight is 509 g/mol. The van der Waals surface area contributed by atoms with Gasteiger partial charge in [-0.2, -0.15) is 0 Å². The number of hydrogen-bond donors (Lipinski definition) is 1. The molecule has 0 spiro atoms. The van der Waals surface area contributed by atoms with Gasteiger partial charge in [0.25, 0.3) is 0 Å². The van der Waals surface area contributed by atoms with E-state index in [0.717, 1.165) is 0 Å². The van der Waals surface area contributed by atoms with Gasteiger partial charge >= 0.3 is 0 Å². The molecule has 0 atom stereocenters. The molecular formula is C22H22Cl2N4O4S. The summed E-state index contributed by atoms with van der Waals surface area (Å²) in [6.07, 6.45) is 1.73. The zero-order valence-electron chi connectivity index (χ0n) is 18.2. The summed E-state index contributed by atoms with van der Waals surface area (Å²) in [4.78, 5) is 12.4. The van der Waals surface area contributed by atoms with E-state index in [1.807, 2.05) is 4.57 Å². The standard InChI is InChI=1S/C22H22Cl2N4O4S/c1-5-8-28-21(13-9-17(30-2)20(32-4)18(10-13)31-3)26-27-22(28)33-12-19(29)25-14-6-7-15(23)16(24)11-14/h5-7,9-11H,1,8,12H2,2-4H3,(H,25,29). The van der Waals surface area contributed by atoms with Crippen molar-refractivity contribution in [1.82, 2.24) is 14.8 Å². The lowest BCUT2D eigenvalue weighted by Crippen LogP contribution is -2.14. The molecule has 2 aromatic carbocycles. The summed E-state index contributed by atoms with van der Waals surface area (Å²) in [5.41, 5.74) is 1.27. The number of amides is 1. The Labute approximate surface area is 205 Å². The summed E-state index contributed by atoms with van der Waals surface area (Å²) in [6.45, 7) is 4.26. The minimum atomic E-state index is -0.221. The van der Waals surface area contributed by atoms with Gasteiger partial charge in [-0.3, -0.25) is 9.36 Å². The third kappa shape index (κ3) is 5.73. The van der Waals surface area contributed by atoms with Crippen molar-refractivity contribution in [3.05, 3.63) is 53.0 Å². The van der Waals surface area contributed by atoms with Crippen LogP contribution in [0.2, 0.25) is 10.0 Å². The van der Waals surface area contributed by atoms with Crippen LogP contribution in [0.3, 0.4) is 0 Å². The Kier molecular flexibility index (Phi) is 8.49. The smallest absolute Gasteiger partial charge is 0.234 e. The van der Waals surface area contributed by atoms with Gasteiger partial charge in [-0.1, -0.05) is 41.0 Å². The SMILES string of the molecule is C=CCn1c(SCC(=O)Nc2ccc(Cl)c(Cl)c2)nnc1-c1cc(OC)c(OC)c(OC)c1. The maximum absolute atomic E-state index is 12.4. The first kappa shape index (κ1) is 24.8. The first-order chi connectivity index (χ1) is 15.9. The number of anilines is 1. The van der Waals surface area contributed by atoms with Gasteiger partial charge in [0.1, 0.15) is 0 Å². The zero-order valence-corrected chi connectivity index (χ0v) is 20.6. The summed E-state index contributed by atoms with van der Waals surface area (Å²) < 4.78 is 18.1. The molecular weight excluding hydrogens is 487 g/mol. The molecule has 1 N–H and O–H groups in total. The predicted octanol–water partition coefficient (Wildman–Crippen LogP) is 5.19. The molecule has 0 radical (unpaired) electrons. The molecule has 0 aliphatic heterocycles. The molecule has 1 heterocycles. The molecule has 0 aliphatic carbocycles. The van der Waals surface area contributed by atoms with Crippen molar-refractivity contribution in [2.45, 2.75) is 11.7 Å². The van der Waals surface area contributed by atoms with Gasteiger partial charge in [-0.25, -0.2) is 0 Å². The number of benzene rings is 2. The Balaban J connectivity index is 1.83. The van der Waals surface area contributed by atoms with E-state index in [1.54, 1.807) is 50.6 Å². The molecule has 0 unspecified atom stereocenters. The van der Waals surface area contributed by atoms with E-state index in [0.29, 0.717) is 56.1 Å². The minimum Gasteiger partial charge on any atom is -0.493 e. The number of allylic oxidation sites excluding steroid dienone is 1. The highest BCUT2D eigenvalue weighted by molar-refractivity contribution is 7.99. The first-order valence-corrected chi connectivity index (χ1v) is 11.4. The van der Waals surface area contributed by atoms with Crippen molar-refractivity contribution >= 4 is 46.6 Å². The van der Waals surface area contributed by atoms with Crippen molar-refractivity contribution in [3.63, 3.8) is 0 Å². The minimum absolute atomic E-state index is 0.116. The molecule has 0 fully saturated rings. The lowest BCUT2D eigenvalue weighted by Gasteiger charge is -2.14. The number of thioether (sulfide) groups is 1. The van der Waals surface area contributed by atoms with Crippen molar-refractivity contribution < 1.29 is 19.0 Å². The van der Waals surface area contributed by atoms with E-state index in [4.69, 9.17) is 37.4 Å².